The Morgan fingerprint density at radius 1 is 0.650 bits per heavy atom. The van der Waals surface area contributed by atoms with Gasteiger partial charge in [-0.1, -0.05) is 13.2 Å². The van der Waals surface area contributed by atoms with E-state index in [1.807, 2.05) is 0 Å². The molecule has 226 valence electrons. The van der Waals surface area contributed by atoms with Gasteiger partial charge < -0.3 is 40.1 Å². The van der Waals surface area contributed by atoms with Crippen molar-refractivity contribution in [2.24, 2.45) is 0 Å². The molecule has 0 amide bonds. The molecule has 0 aliphatic carbocycles. The molecule has 0 aromatic carbocycles. The zero-order valence-electron chi connectivity index (χ0n) is 22.2. The Morgan fingerprint density at radius 3 is 1.15 bits per heavy atom. The van der Waals surface area contributed by atoms with Crippen LogP contribution in [0.5, 0.6) is 0 Å². The van der Waals surface area contributed by atoms with Crippen LogP contribution in [-0.2, 0) is 38.2 Å². The molecule has 0 radical (unpaired) electrons. The molecule has 0 aromatic heterocycles. The SMILES string of the molecule is C=C(C)C(=O)OCC(CO)N(CCN(C(CO)COC(=O)C(=C)C)C(CC(=O)O)C(=O)O)C(CC(=O)O)C(=O)O. The summed E-state index contributed by atoms with van der Waals surface area (Å²) in [6, 6.07) is -6.22. The third-order valence-electron chi connectivity index (χ3n) is 5.59. The van der Waals surface area contributed by atoms with Crippen LogP contribution in [-0.4, -0.2) is 140 Å². The number of aliphatic carboxylic acids is 4. The van der Waals surface area contributed by atoms with E-state index < -0.39 is 112 Å². The minimum absolute atomic E-state index is 0.0113. The molecule has 4 unspecified atom stereocenters. The number of carbonyl (C=O) groups excluding carboxylic acids is 2. The van der Waals surface area contributed by atoms with Gasteiger partial charge in [-0.3, -0.25) is 29.0 Å². The number of ether oxygens (including phenoxy) is 2. The molecule has 0 heterocycles. The summed E-state index contributed by atoms with van der Waals surface area (Å²) in [7, 11) is 0. The molecule has 40 heavy (non-hydrogen) atoms. The van der Waals surface area contributed by atoms with Crippen LogP contribution in [0.3, 0.4) is 0 Å². The second kappa shape index (κ2) is 17.7. The number of hydrogen-bond acceptors (Lipinski definition) is 12. The van der Waals surface area contributed by atoms with Gasteiger partial charge in [0, 0.05) is 24.2 Å². The van der Waals surface area contributed by atoms with Crippen molar-refractivity contribution in [1.29, 1.82) is 0 Å². The molecule has 0 saturated heterocycles. The molecular formula is C24H36N2O14. The normalized spacial score (nSPS) is 14.1. The predicted octanol–water partition coefficient (Wildman–Crippen LogP) is -1.59. The molecule has 0 bridgehead atoms. The molecule has 0 aliphatic heterocycles. The third kappa shape index (κ3) is 12.3. The van der Waals surface area contributed by atoms with Crippen molar-refractivity contribution >= 4 is 35.8 Å². The zero-order valence-corrected chi connectivity index (χ0v) is 22.2. The summed E-state index contributed by atoms with van der Waals surface area (Å²) in [5.41, 5.74) is -0.0226. The molecule has 4 atom stereocenters. The third-order valence-corrected chi connectivity index (χ3v) is 5.59. The molecule has 0 rings (SSSR count). The van der Waals surface area contributed by atoms with Gasteiger partial charge in [-0.25, -0.2) is 9.59 Å². The predicted molar refractivity (Wildman–Crippen MR) is 134 cm³/mol. The zero-order chi connectivity index (χ0) is 31.2. The molecule has 0 saturated carbocycles. The number of carboxylic acids is 4. The van der Waals surface area contributed by atoms with Crippen molar-refractivity contribution in [3.63, 3.8) is 0 Å². The van der Waals surface area contributed by atoms with Crippen LogP contribution in [0.25, 0.3) is 0 Å². The maximum Gasteiger partial charge on any atom is 0.333 e. The molecule has 0 aliphatic rings. The lowest BCUT2D eigenvalue weighted by Crippen LogP contribution is -2.58. The summed E-state index contributed by atoms with van der Waals surface area (Å²) in [5, 5.41) is 57.9. The highest BCUT2D eigenvalue weighted by Gasteiger charge is 2.38. The van der Waals surface area contributed by atoms with Gasteiger partial charge in [0.2, 0.25) is 0 Å². The van der Waals surface area contributed by atoms with Gasteiger partial charge in [0.25, 0.3) is 0 Å². The largest absolute Gasteiger partial charge is 0.481 e. The Balaban J connectivity index is 6.47. The summed E-state index contributed by atoms with van der Waals surface area (Å²) >= 11 is 0. The Bertz CT molecular complexity index is 889. The number of carboxylic acid groups (broad SMARTS) is 4. The second-order valence-electron chi connectivity index (χ2n) is 8.81. The molecular weight excluding hydrogens is 540 g/mol. The minimum atomic E-state index is -1.81. The highest BCUT2D eigenvalue weighted by atomic mass is 16.5. The minimum Gasteiger partial charge on any atom is -0.481 e. The monoisotopic (exact) mass is 576 g/mol. The van der Waals surface area contributed by atoms with E-state index >= 15 is 0 Å². The number of carbonyl (C=O) groups is 6. The quantitative estimate of drug-likeness (QED) is 0.0665. The van der Waals surface area contributed by atoms with Gasteiger partial charge in [-0.15, -0.1) is 0 Å². The number of aliphatic hydroxyl groups is 2. The smallest absolute Gasteiger partial charge is 0.333 e. The lowest BCUT2D eigenvalue weighted by atomic mass is 10.1. The summed E-state index contributed by atoms with van der Waals surface area (Å²) in [4.78, 5) is 72.5. The van der Waals surface area contributed by atoms with Crippen LogP contribution in [0.1, 0.15) is 26.7 Å². The fourth-order valence-corrected chi connectivity index (χ4v) is 3.54. The lowest BCUT2D eigenvalue weighted by Gasteiger charge is -2.39. The van der Waals surface area contributed by atoms with Gasteiger partial charge in [-0.05, 0) is 13.8 Å². The van der Waals surface area contributed by atoms with Crippen LogP contribution in [0.4, 0.5) is 0 Å². The van der Waals surface area contributed by atoms with Crippen molar-refractivity contribution < 1.29 is 68.9 Å². The van der Waals surface area contributed by atoms with Gasteiger partial charge in [0.05, 0.1) is 38.1 Å². The second-order valence-corrected chi connectivity index (χ2v) is 8.81. The van der Waals surface area contributed by atoms with E-state index in [-0.39, 0.29) is 11.1 Å². The first-order chi connectivity index (χ1) is 18.6. The average Bonchev–Trinajstić information content (AvgIpc) is 2.85. The Labute approximate surface area is 229 Å². The summed E-state index contributed by atoms with van der Waals surface area (Å²) in [6.07, 6.45) is -1.95. The van der Waals surface area contributed by atoms with Gasteiger partial charge in [0.15, 0.2) is 0 Å². The first kappa shape index (κ1) is 36.1. The number of aliphatic hydroxyl groups excluding tert-OH is 2. The lowest BCUT2D eigenvalue weighted by molar-refractivity contribution is -0.156. The number of nitrogens with zero attached hydrogens (tertiary/aromatic N) is 2. The Morgan fingerprint density at radius 2 is 0.950 bits per heavy atom. The fraction of sp³-hybridized carbons (Fsp3) is 0.583. The van der Waals surface area contributed by atoms with Crippen molar-refractivity contribution in [3.05, 3.63) is 24.3 Å². The van der Waals surface area contributed by atoms with E-state index in [9.17, 15) is 59.4 Å². The first-order valence-corrected chi connectivity index (χ1v) is 11.8. The number of rotatable bonds is 21. The number of esters is 2. The average molecular weight is 577 g/mol. The van der Waals surface area contributed by atoms with Gasteiger partial charge >= 0.3 is 35.8 Å². The van der Waals surface area contributed by atoms with E-state index in [4.69, 9.17) is 9.47 Å². The Hall–Kier alpha value is -3.86. The fourth-order valence-electron chi connectivity index (χ4n) is 3.54. The van der Waals surface area contributed by atoms with Crippen molar-refractivity contribution in [2.75, 3.05) is 39.5 Å². The summed E-state index contributed by atoms with van der Waals surface area (Å²) in [5.74, 6) is -8.08. The maximum atomic E-state index is 12.0. The van der Waals surface area contributed by atoms with E-state index in [1.54, 1.807) is 0 Å². The van der Waals surface area contributed by atoms with Crippen LogP contribution in [0, 0.1) is 0 Å². The highest BCUT2D eigenvalue weighted by Crippen LogP contribution is 2.17. The maximum absolute atomic E-state index is 12.0. The standard InChI is InChI=1S/C24H36N2O14/c1-13(2)23(37)39-11-15(9-27)25(17(21(33)34)7-19(29)30)5-6-26(18(22(35)36)8-20(31)32)16(10-28)12-40-24(38)14(3)4/h15-18,27-28H,1,3,5-12H2,2,4H3,(H,29,30)(H,31,32)(H,33,34)(H,35,36). The molecule has 0 spiro atoms. The van der Waals surface area contributed by atoms with Gasteiger partial charge in [-0.2, -0.15) is 0 Å². The molecule has 0 fully saturated rings. The Kier molecular flexibility index (Phi) is 16.0. The molecule has 0 aromatic rings. The van der Waals surface area contributed by atoms with Crippen molar-refractivity contribution in [1.82, 2.24) is 9.80 Å². The molecule has 16 heteroatoms. The van der Waals surface area contributed by atoms with Crippen molar-refractivity contribution in [3.8, 4) is 0 Å². The molecule has 6 N–H and O–H groups in total. The number of hydrogen-bond donors (Lipinski definition) is 6. The molecule has 16 nitrogen and oxygen atoms in total. The van der Waals surface area contributed by atoms with Gasteiger partial charge in [0.1, 0.15) is 25.3 Å². The topological polar surface area (TPSA) is 249 Å². The summed E-state index contributed by atoms with van der Waals surface area (Å²) < 4.78 is 10.0. The van der Waals surface area contributed by atoms with Crippen LogP contribution in [0.15, 0.2) is 24.3 Å². The van der Waals surface area contributed by atoms with Crippen LogP contribution >= 0.6 is 0 Å². The highest BCUT2D eigenvalue weighted by molar-refractivity contribution is 5.87. The van der Waals surface area contributed by atoms with E-state index in [1.165, 1.54) is 13.8 Å². The van der Waals surface area contributed by atoms with E-state index in [0.29, 0.717) is 0 Å². The first-order valence-electron chi connectivity index (χ1n) is 11.8. The van der Waals surface area contributed by atoms with Crippen LogP contribution < -0.4 is 0 Å². The van der Waals surface area contributed by atoms with Crippen molar-refractivity contribution in [2.45, 2.75) is 50.9 Å². The summed E-state index contributed by atoms with van der Waals surface area (Å²) in [6.45, 7) is 5.55. The van der Waals surface area contributed by atoms with Crippen LogP contribution in [0.2, 0.25) is 0 Å². The van der Waals surface area contributed by atoms with E-state index in [0.717, 1.165) is 9.80 Å². The van der Waals surface area contributed by atoms with E-state index in [2.05, 4.69) is 13.2 Å².